The fraction of sp³-hybridized carbons (Fsp3) is 0.167. The third-order valence-corrected chi connectivity index (χ3v) is 7.42. The second-order valence-electron chi connectivity index (χ2n) is 4.18. The van der Waals surface area contributed by atoms with Crippen molar-refractivity contribution in [1.29, 1.82) is 0 Å². The van der Waals surface area contributed by atoms with E-state index in [2.05, 4.69) is 15.9 Å². The number of benzene rings is 1. The Morgan fingerprint density at radius 2 is 2.00 bits per heavy atom. The van der Waals surface area contributed by atoms with E-state index in [9.17, 15) is 17.2 Å². The molecular formula is C12H9BrClF2NO2S2. The van der Waals surface area contributed by atoms with E-state index in [1.165, 1.54) is 19.2 Å². The molecule has 114 valence electrons. The number of thiophene rings is 1. The fourth-order valence-electron chi connectivity index (χ4n) is 1.58. The van der Waals surface area contributed by atoms with E-state index < -0.39 is 21.7 Å². The smallest absolute Gasteiger partial charge is 0.207 e. The quantitative estimate of drug-likeness (QED) is 0.747. The molecule has 0 bridgehead atoms. The molecule has 1 aromatic heterocycles. The van der Waals surface area contributed by atoms with Gasteiger partial charge in [-0.05, 0) is 28.1 Å². The van der Waals surface area contributed by atoms with E-state index in [1.807, 2.05) is 0 Å². The molecule has 9 heteroatoms. The van der Waals surface area contributed by atoms with Crippen molar-refractivity contribution in [3.63, 3.8) is 0 Å². The third-order valence-electron chi connectivity index (χ3n) is 2.70. The zero-order chi connectivity index (χ0) is 15.8. The highest BCUT2D eigenvalue weighted by molar-refractivity contribution is 9.11. The molecule has 0 radical (unpaired) electrons. The minimum absolute atomic E-state index is 0.0457. The van der Waals surface area contributed by atoms with Crippen LogP contribution in [0.1, 0.15) is 5.56 Å². The molecule has 0 spiro atoms. The lowest BCUT2D eigenvalue weighted by molar-refractivity contribution is 0.456. The first-order valence-electron chi connectivity index (χ1n) is 5.57. The summed E-state index contributed by atoms with van der Waals surface area (Å²) in [5, 5.41) is 0.292. The Kier molecular flexibility index (Phi) is 5.04. The molecule has 0 atom stereocenters. The van der Waals surface area contributed by atoms with Crippen molar-refractivity contribution >= 4 is 48.9 Å². The van der Waals surface area contributed by atoms with Gasteiger partial charge in [-0.2, -0.15) is 4.31 Å². The average Bonchev–Trinajstić information content (AvgIpc) is 2.73. The highest BCUT2D eigenvalue weighted by atomic mass is 79.9. The van der Waals surface area contributed by atoms with Crippen molar-refractivity contribution in [3.05, 3.63) is 50.3 Å². The Balaban J connectivity index is 2.28. The first-order valence-corrected chi connectivity index (χ1v) is 8.99. The maximum atomic E-state index is 13.6. The zero-order valence-electron chi connectivity index (χ0n) is 10.6. The van der Waals surface area contributed by atoms with Gasteiger partial charge in [0.15, 0.2) is 0 Å². The largest absolute Gasteiger partial charge is 0.252 e. The zero-order valence-corrected chi connectivity index (χ0v) is 14.6. The van der Waals surface area contributed by atoms with Crippen molar-refractivity contribution in [2.45, 2.75) is 10.8 Å². The highest BCUT2D eigenvalue weighted by Gasteiger charge is 2.25. The lowest BCUT2D eigenvalue weighted by atomic mass is 10.2. The van der Waals surface area contributed by atoms with Crippen LogP contribution in [-0.2, 0) is 16.6 Å². The molecule has 0 aliphatic heterocycles. The molecular weight excluding hydrogens is 408 g/mol. The van der Waals surface area contributed by atoms with Gasteiger partial charge in [-0.3, -0.25) is 0 Å². The maximum absolute atomic E-state index is 13.6. The summed E-state index contributed by atoms with van der Waals surface area (Å²) in [7, 11) is -2.47. The summed E-state index contributed by atoms with van der Waals surface area (Å²) >= 11 is 9.94. The normalized spacial score (nSPS) is 12.1. The van der Waals surface area contributed by atoms with Crippen molar-refractivity contribution in [1.82, 2.24) is 4.31 Å². The number of nitrogens with zero attached hydrogens (tertiary/aromatic N) is 1. The minimum Gasteiger partial charge on any atom is -0.207 e. The van der Waals surface area contributed by atoms with Crippen LogP contribution < -0.4 is 0 Å². The predicted octanol–water partition coefficient (Wildman–Crippen LogP) is 4.26. The summed E-state index contributed by atoms with van der Waals surface area (Å²) in [5.41, 5.74) is 0.0872. The predicted molar refractivity (Wildman–Crippen MR) is 82.0 cm³/mol. The summed E-state index contributed by atoms with van der Waals surface area (Å²) in [5.74, 6) is -1.50. The van der Waals surface area contributed by atoms with Gasteiger partial charge in [-0.1, -0.05) is 17.7 Å². The van der Waals surface area contributed by atoms with Crippen LogP contribution in [0.2, 0.25) is 5.02 Å². The van der Waals surface area contributed by atoms with Gasteiger partial charge in [-0.15, -0.1) is 11.3 Å². The molecule has 0 fully saturated rings. The van der Waals surface area contributed by atoms with Gasteiger partial charge in [0.25, 0.3) is 10.0 Å². The highest BCUT2D eigenvalue weighted by Crippen LogP contribution is 2.36. The standard InChI is InChI=1S/C12H9BrClF2NO2S2/c1-17(6-7-2-3-8(15)4-10(7)16)21(18,19)11-5-9(14)12(13)20-11/h2-5H,6H2,1H3. The second kappa shape index (κ2) is 6.29. The van der Waals surface area contributed by atoms with Crippen LogP contribution in [0.25, 0.3) is 0 Å². The van der Waals surface area contributed by atoms with E-state index in [4.69, 9.17) is 11.6 Å². The summed E-state index contributed by atoms with van der Waals surface area (Å²) in [4.78, 5) is 0. The van der Waals surface area contributed by atoms with Crippen molar-refractivity contribution in [2.75, 3.05) is 7.05 Å². The van der Waals surface area contributed by atoms with Crippen LogP contribution in [0.3, 0.4) is 0 Å². The molecule has 0 saturated heterocycles. The van der Waals surface area contributed by atoms with Gasteiger partial charge in [0, 0.05) is 25.2 Å². The number of hydrogen-bond acceptors (Lipinski definition) is 3. The molecule has 21 heavy (non-hydrogen) atoms. The maximum Gasteiger partial charge on any atom is 0.252 e. The molecule has 3 nitrogen and oxygen atoms in total. The lowest BCUT2D eigenvalue weighted by Gasteiger charge is -2.16. The summed E-state index contributed by atoms with van der Waals surface area (Å²) in [6.07, 6.45) is 0. The molecule has 0 amide bonds. The number of rotatable bonds is 4. The summed E-state index contributed by atoms with van der Waals surface area (Å²) in [6, 6.07) is 4.34. The van der Waals surface area contributed by atoms with E-state index >= 15 is 0 Å². The van der Waals surface area contributed by atoms with Crippen LogP contribution in [0.4, 0.5) is 8.78 Å². The van der Waals surface area contributed by atoms with Crippen LogP contribution in [-0.4, -0.2) is 19.8 Å². The Morgan fingerprint density at radius 3 is 2.52 bits per heavy atom. The number of hydrogen-bond donors (Lipinski definition) is 0. The Bertz CT molecular complexity index is 760. The van der Waals surface area contributed by atoms with E-state index in [0.29, 0.717) is 14.9 Å². The Morgan fingerprint density at radius 1 is 1.33 bits per heavy atom. The van der Waals surface area contributed by atoms with Crippen molar-refractivity contribution in [3.8, 4) is 0 Å². The summed E-state index contributed by atoms with van der Waals surface area (Å²) < 4.78 is 52.6. The molecule has 0 N–H and O–H groups in total. The van der Waals surface area contributed by atoms with Crippen LogP contribution in [0.5, 0.6) is 0 Å². The SMILES string of the molecule is CN(Cc1ccc(F)cc1F)S(=O)(=O)c1cc(Cl)c(Br)s1. The third kappa shape index (κ3) is 3.62. The molecule has 2 aromatic rings. The van der Waals surface area contributed by atoms with Crippen molar-refractivity contribution in [2.24, 2.45) is 0 Å². The lowest BCUT2D eigenvalue weighted by Crippen LogP contribution is -2.26. The molecule has 0 aliphatic rings. The van der Waals surface area contributed by atoms with E-state index in [0.717, 1.165) is 21.7 Å². The van der Waals surface area contributed by atoms with Crippen molar-refractivity contribution < 1.29 is 17.2 Å². The monoisotopic (exact) mass is 415 g/mol. The topological polar surface area (TPSA) is 37.4 Å². The van der Waals surface area contributed by atoms with Gasteiger partial charge < -0.3 is 0 Å². The van der Waals surface area contributed by atoms with Crippen LogP contribution in [0.15, 0.2) is 32.3 Å². The first-order chi connectivity index (χ1) is 9.71. The van der Waals surface area contributed by atoms with Gasteiger partial charge in [0.2, 0.25) is 0 Å². The van der Waals surface area contributed by atoms with E-state index in [-0.39, 0.29) is 16.3 Å². The molecule has 1 aromatic carbocycles. The molecule has 0 aliphatic carbocycles. The number of sulfonamides is 1. The minimum atomic E-state index is -3.79. The summed E-state index contributed by atoms with van der Waals surface area (Å²) in [6.45, 7) is -0.207. The average molecular weight is 417 g/mol. The Hall–Kier alpha value is -0.540. The molecule has 0 unspecified atom stereocenters. The first kappa shape index (κ1) is 16.8. The Labute approximate surface area is 138 Å². The molecule has 0 saturated carbocycles. The number of halogens is 4. The second-order valence-corrected chi connectivity index (χ2v) is 9.23. The van der Waals surface area contributed by atoms with Gasteiger partial charge in [0.1, 0.15) is 15.8 Å². The van der Waals surface area contributed by atoms with Gasteiger partial charge in [0.05, 0.1) is 8.81 Å². The molecule has 1 heterocycles. The molecule has 2 rings (SSSR count). The van der Waals surface area contributed by atoms with Crippen LogP contribution in [0, 0.1) is 11.6 Å². The fourth-order valence-corrected chi connectivity index (χ4v) is 5.34. The van der Waals surface area contributed by atoms with Gasteiger partial charge >= 0.3 is 0 Å². The van der Waals surface area contributed by atoms with Gasteiger partial charge in [-0.25, -0.2) is 17.2 Å². The van der Waals surface area contributed by atoms with Crippen LogP contribution >= 0.6 is 38.9 Å². The van der Waals surface area contributed by atoms with E-state index in [1.54, 1.807) is 0 Å².